The van der Waals surface area contributed by atoms with Gasteiger partial charge in [0.2, 0.25) is 0 Å². The molecule has 0 aromatic heterocycles. The topological polar surface area (TPSA) is 58.6 Å². The van der Waals surface area contributed by atoms with Gasteiger partial charge < -0.3 is 4.90 Å². The van der Waals surface area contributed by atoms with Crippen molar-refractivity contribution in [2.24, 2.45) is 0 Å². The van der Waals surface area contributed by atoms with E-state index in [1.807, 2.05) is 0 Å². The lowest BCUT2D eigenvalue weighted by Gasteiger charge is -2.17. The van der Waals surface area contributed by atoms with E-state index in [0.717, 1.165) is 7.05 Å². The van der Waals surface area contributed by atoms with Crippen LogP contribution in [0.2, 0.25) is 0 Å². The number of hydrogen-bond acceptors (Lipinski definition) is 3. The predicted octanol–water partition coefficient (Wildman–Crippen LogP) is 0.0748. The second-order valence-electron chi connectivity index (χ2n) is 2.64. The van der Waals surface area contributed by atoms with Crippen molar-refractivity contribution < 1.29 is 27.6 Å². The van der Waals surface area contributed by atoms with Gasteiger partial charge in [0.1, 0.15) is 6.54 Å². The highest BCUT2D eigenvalue weighted by molar-refractivity contribution is 6.34. The third-order valence-corrected chi connectivity index (χ3v) is 1.27. The molecule has 88 valence electrons. The number of amides is 2. The molecule has 0 bridgehead atoms. The summed E-state index contributed by atoms with van der Waals surface area (Å²) in [6.07, 6.45) is -4.53. The lowest BCUT2D eigenvalue weighted by atomic mass is 10.4. The fourth-order valence-electron chi connectivity index (χ4n) is 0.695. The minimum absolute atomic E-state index is 0.113. The highest BCUT2D eigenvalue weighted by Gasteiger charge is 2.33. The Hall–Kier alpha value is -1.31. The Morgan fingerprint density at radius 2 is 1.93 bits per heavy atom. The van der Waals surface area contributed by atoms with E-state index in [9.17, 15) is 22.8 Å². The smallest absolute Gasteiger partial charge is 0.328 e. The number of hydroxylamine groups is 1. The van der Waals surface area contributed by atoms with Gasteiger partial charge in [0, 0.05) is 7.05 Å². The molecule has 0 saturated carbocycles. The number of carbonyl (C=O) groups excluding carboxylic acids is 2. The number of halogens is 3. The molecule has 2 amide bonds. The lowest BCUT2D eigenvalue weighted by molar-refractivity contribution is -0.165. The fraction of sp³-hybridized carbons (Fsp3) is 0.714. The van der Waals surface area contributed by atoms with E-state index in [-0.39, 0.29) is 11.5 Å². The van der Waals surface area contributed by atoms with E-state index in [2.05, 4.69) is 4.84 Å². The number of rotatable bonds is 3. The first-order valence-corrected chi connectivity index (χ1v) is 4.02. The minimum atomic E-state index is -4.53. The van der Waals surface area contributed by atoms with E-state index in [4.69, 9.17) is 0 Å². The van der Waals surface area contributed by atoms with Gasteiger partial charge in [-0.25, -0.2) is 5.48 Å². The van der Waals surface area contributed by atoms with Gasteiger partial charge in [-0.05, 0) is 6.92 Å². The van der Waals surface area contributed by atoms with Gasteiger partial charge >= 0.3 is 18.0 Å². The Kier molecular flexibility index (Phi) is 5.06. The van der Waals surface area contributed by atoms with Crippen LogP contribution in [0, 0.1) is 0 Å². The number of nitrogens with zero attached hydrogens (tertiary/aromatic N) is 1. The molecule has 5 nitrogen and oxygen atoms in total. The SMILES string of the molecule is CCONC(=O)C(=O)N(C)CC(F)(F)F. The van der Waals surface area contributed by atoms with Crippen molar-refractivity contribution in [3.8, 4) is 0 Å². The summed E-state index contributed by atoms with van der Waals surface area (Å²) in [5, 5.41) is 0. The largest absolute Gasteiger partial charge is 0.406 e. The van der Waals surface area contributed by atoms with Crippen LogP contribution in [0.5, 0.6) is 0 Å². The van der Waals surface area contributed by atoms with E-state index in [1.165, 1.54) is 0 Å². The minimum Gasteiger partial charge on any atom is -0.328 e. The number of hydrogen-bond donors (Lipinski definition) is 1. The van der Waals surface area contributed by atoms with Crippen molar-refractivity contribution in [1.29, 1.82) is 0 Å². The molecule has 0 aliphatic rings. The first-order valence-electron chi connectivity index (χ1n) is 4.02. The quantitative estimate of drug-likeness (QED) is 0.549. The molecular weight excluding hydrogens is 217 g/mol. The van der Waals surface area contributed by atoms with Gasteiger partial charge in [-0.15, -0.1) is 0 Å². The van der Waals surface area contributed by atoms with Gasteiger partial charge in [0.05, 0.1) is 6.61 Å². The molecular formula is C7H11F3N2O3. The number of nitrogens with one attached hydrogen (secondary N) is 1. The van der Waals surface area contributed by atoms with E-state index in [0.29, 0.717) is 0 Å². The van der Waals surface area contributed by atoms with Crippen LogP contribution in [-0.2, 0) is 14.4 Å². The molecule has 0 aliphatic heterocycles. The summed E-state index contributed by atoms with van der Waals surface area (Å²) in [6, 6.07) is 0. The first-order chi connectivity index (χ1) is 6.78. The normalized spacial score (nSPS) is 11.0. The van der Waals surface area contributed by atoms with Gasteiger partial charge in [-0.1, -0.05) is 0 Å². The average Bonchev–Trinajstić information content (AvgIpc) is 2.10. The Morgan fingerprint density at radius 1 is 1.40 bits per heavy atom. The molecule has 0 atom stereocenters. The zero-order valence-electron chi connectivity index (χ0n) is 8.22. The number of carbonyl (C=O) groups is 2. The van der Waals surface area contributed by atoms with Crippen molar-refractivity contribution in [3.63, 3.8) is 0 Å². The molecule has 0 saturated heterocycles. The van der Waals surface area contributed by atoms with Gasteiger partial charge in [-0.2, -0.15) is 13.2 Å². The second kappa shape index (κ2) is 5.54. The van der Waals surface area contributed by atoms with Crippen LogP contribution >= 0.6 is 0 Å². The molecule has 0 aromatic rings. The molecule has 1 N–H and O–H groups in total. The molecule has 0 aromatic carbocycles. The van der Waals surface area contributed by atoms with Crippen LogP contribution in [0.15, 0.2) is 0 Å². The first kappa shape index (κ1) is 13.7. The van der Waals surface area contributed by atoms with Crippen molar-refractivity contribution in [2.45, 2.75) is 13.1 Å². The van der Waals surface area contributed by atoms with Gasteiger partial charge in [0.15, 0.2) is 0 Å². The van der Waals surface area contributed by atoms with Gasteiger partial charge in [-0.3, -0.25) is 14.4 Å². The molecule has 0 radical (unpaired) electrons. The molecule has 0 fully saturated rings. The molecule has 0 spiro atoms. The number of likely N-dealkylation sites (N-methyl/N-ethyl adjacent to an activating group) is 1. The summed E-state index contributed by atoms with van der Waals surface area (Å²) >= 11 is 0. The standard InChI is InChI=1S/C7H11F3N2O3/c1-3-15-11-5(13)6(14)12(2)4-7(8,9)10/h3-4H2,1-2H3,(H,11,13). The average molecular weight is 228 g/mol. The van der Waals surface area contributed by atoms with E-state index < -0.39 is 24.5 Å². The summed E-state index contributed by atoms with van der Waals surface area (Å²) in [7, 11) is 0.876. The monoisotopic (exact) mass is 228 g/mol. The fourth-order valence-corrected chi connectivity index (χ4v) is 0.695. The lowest BCUT2D eigenvalue weighted by Crippen LogP contribution is -2.44. The van der Waals surface area contributed by atoms with Gasteiger partial charge in [0.25, 0.3) is 0 Å². The summed E-state index contributed by atoms with van der Waals surface area (Å²) < 4.78 is 35.5. The highest BCUT2D eigenvalue weighted by Crippen LogP contribution is 2.15. The second-order valence-corrected chi connectivity index (χ2v) is 2.64. The van der Waals surface area contributed by atoms with E-state index >= 15 is 0 Å². The maximum absolute atomic E-state index is 11.8. The Morgan fingerprint density at radius 3 is 2.33 bits per heavy atom. The zero-order chi connectivity index (χ0) is 12.1. The van der Waals surface area contributed by atoms with Crippen molar-refractivity contribution in [3.05, 3.63) is 0 Å². The van der Waals surface area contributed by atoms with Crippen LogP contribution in [0.3, 0.4) is 0 Å². The molecule has 8 heteroatoms. The van der Waals surface area contributed by atoms with Crippen molar-refractivity contribution >= 4 is 11.8 Å². The summed E-state index contributed by atoms with van der Waals surface area (Å²) in [5.41, 5.74) is 1.70. The summed E-state index contributed by atoms with van der Waals surface area (Å²) in [5.74, 6) is -2.54. The summed E-state index contributed by atoms with van der Waals surface area (Å²) in [6.45, 7) is 0.178. The highest BCUT2D eigenvalue weighted by atomic mass is 19.4. The van der Waals surface area contributed by atoms with Crippen LogP contribution < -0.4 is 5.48 Å². The molecule has 0 rings (SSSR count). The maximum Gasteiger partial charge on any atom is 0.406 e. The van der Waals surface area contributed by atoms with Crippen molar-refractivity contribution in [2.75, 3.05) is 20.2 Å². The Bertz CT molecular complexity index is 242. The Labute approximate surface area is 84.1 Å². The number of alkyl halides is 3. The predicted molar refractivity (Wildman–Crippen MR) is 43.5 cm³/mol. The molecule has 0 heterocycles. The van der Waals surface area contributed by atoms with Crippen LogP contribution in [0.4, 0.5) is 13.2 Å². The van der Waals surface area contributed by atoms with Crippen molar-refractivity contribution in [1.82, 2.24) is 10.4 Å². The van der Waals surface area contributed by atoms with Crippen LogP contribution in [0.25, 0.3) is 0 Å². The van der Waals surface area contributed by atoms with E-state index in [1.54, 1.807) is 12.4 Å². The van der Waals surface area contributed by atoms with Crippen LogP contribution in [-0.4, -0.2) is 43.1 Å². The third-order valence-electron chi connectivity index (χ3n) is 1.27. The molecule has 15 heavy (non-hydrogen) atoms. The third kappa shape index (κ3) is 5.89. The summed E-state index contributed by atoms with van der Waals surface area (Å²) in [4.78, 5) is 26.4. The Balaban J connectivity index is 4.14. The molecule has 0 unspecified atom stereocenters. The molecule has 0 aliphatic carbocycles. The zero-order valence-corrected chi connectivity index (χ0v) is 8.22. The van der Waals surface area contributed by atoms with Crippen LogP contribution in [0.1, 0.15) is 6.92 Å². The maximum atomic E-state index is 11.8.